The minimum atomic E-state index is -0.442. The first kappa shape index (κ1) is 19.7. The first-order chi connectivity index (χ1) is 12.5. The Labute approximate surface area is 156 Å². The smallest absolute Gasteiger partial charge is 0.350 e. The Hall–Kier alpha value is -2.61. The standard InChI is InChI=1S/C18H22N2O5S/c1-5-23-13-9-8-12(10-14(13)24-6-2)16(21)20-18-19-11(4)15(26-18)17(22)25-7-3/h8-10H,5-7H2,1-4H3,(H,19,20,21). The van der Waals surface area contributed by atoms with Crippen LogP contribution in [-0.2, 0) is 4.74 Å². The second kappa shape index (κ2) is 9.19. The number of aryl methyl sites for hydroxylation is 1. The molecule has 0 radical (unpaired) electrons. The van der Waals surface area contributed by atoms with Crippen molar-refractivity contribution in [1.82, 2.24) is 4.98 Å². The summed E-state index contributed by atoms with van der Waals surface area (Å²) in [5.41, 5.74) is 0.924. The van der Waals surface area contributed by atoms with Crippen molar-refractivity contribution >= 4 is 28.3 Å². The fourth-order valence-corrected chi connectivity index (χ4v) is 3.05. The maximum absolute atomic E-state index is 12.5. The maximum Gasteiger partial charge on any atom is 0.350 e. The van der Waals surface area contributed by atoms with Crippen LogP contribution in [0.5, 0.6) is 11.5 Å². The molecule has 0 atom stereocenters. The highest BCUT2D eigenvalue weighted by atomic mass is 32.1. The summed E-state index contributed by atoms with van der Waals surface area (Å²) in [6.07, 6.45) is 0. The van der Waals surface area contributed by atoms with Crippen molar-refractivity contribution in [3.05, 3.63) is 34.3 Å². The van der Waals surface area contributed by atoms with Crippen LogP contribution in [0.15, 0.2) is 18.2 Å². The Balaban J connectivity index is 2.18. The Morgan fingerprint density at radius 1 is 1.08 bits per heavy atom. The quantitative estimate of drug-likeness (QED) is 0.705. The number of carbonyl (C=O) groups is 2. The van der Waals surface area contributed by atoms with E-state index in [1.54, 1.807) is 32.0 Å². The van der Waals surface area contributed by atoms with Gasteiger partial charge in [0.1, 0.15) is 4.88 Å². The summed E-state index contributed by atoms with van der Waals surface area (Å²) in [4.78, 5) is 28.9. The molecule has 8 heteroatoms. The third-order valence-electron chi connectivity index (χ3n) is 3.28. The van der Waals surface area contributed by atoms with Crippen LogP contribution in [0.2, 0.25) is 0 Å². The van der Waals surface area contributed by atoms with Gasteiger partial charge in [-0.15, -0.1) is 0 Å². The summed E-state index contributed by atoms with van der Waals surface area (Å²) in [5.74, 6) is 0.297. The molecule has 2 aromatic rings. The molecule has 1 aromatic heterocycles. The molecular formula is C18H22N2O5S. The molecule has 1 aromatic carbocycles. The number of benzene rings is 1. The predicted octanol–water partition coefficient (Wildman–Crippen LogP) is 3.68. The normalized spacial score (nSPS) is 10.3. The average molecular weight is 378 g/mol. The van der Waals surface area contributed by atoms with Gasteiger partial charge in [-0.2, -0.15) is 0 Å². The largest absolute Gasteiger partial charge is 0.490 e. The topological polar surface area (TPSA) is 86.8 Å². The molecule has 0 aliphatic heterocycles. The molecule has 0 spiro atoms. The number of anilines is 1. The summed E-state index contributed by atoms with van der Waals surface area (Å²) in [6, 6.07) is 4.96. The van der Waals surface area contributed by atoms with E-state index in [0.717, 1.165) is 11.3 Å². The van der Waals surface area contributed by atoms with E-state index >= 15 is 0 Å². The molecule has 0 aliphatic carbocycles. The lowest BCUT2D eigenvalue weighted by Gasteiger charge is -2.12. The van der Waals surface area contributed by atoms with Crippen molar-refractivity contribution in [3.8, 4) is 11.5 Å². The molecule has 0 bridgehead atoms. The molecule has 1 amide bonds. The van der Waals surface area contributed by atoms with Crippen LogP contribution in [0, 0.1) is 6.92 Å². The molecule has 0 saturated carbocycles. The number of nitrogens with zero attached hydrogens (tertiary/aromatic N) is 1. The van der Waals surface area contributed by atoms with E-state index < -0.39 is 5.97 Å². The first-order valence-corrected chi connectivity index (χ1v) is 9.17. The number of hydrogen-bond acceptors (Lipinski definition) is 7. The fraction of sp³-hybridized carbons (Fsp3) is 0.389. The van der Waals surface area contributed by atoms with E-state index in [0.29, 0.717) is 46.0 Å². The molecule has 0 saturated heterocycles. The van der Waals surface area contributed by atoms with Gasteiger partial charge in [0.15, 0.2) is 16.6 Å². The molecule has 7 nitrogen and oxygen atoms in total. The number of nitrogens with one attached hydrogen (secondary N) is 1. The van der Waals surface area contributed by atoms with Gasteiger partial charge in [0.25, 0.3) is 5.91 Å². The van der Waals surface area contributed by atoms with E-state index in [1.807, 2.05) is 13.8 Å². The number of ether oxygens (including phenoxy) is 3. The molecule has 140 valence electrons. The summed E-state index contributed by atoms with van der Waals surface area (Å²) in [7, 11) is 0. The van der Waals surface area contributed by atoms with Gasteiger partial charge in [-0.25, -0.2) is 9.78 Å². The van der Waals surface area contributed by atoms with E-state index in [2.05, 4.69) is 10.3 Å². The van der Waals surface area contributed by atoms with E-state index in [-0.39, 0.29) is 12.5 Å². The van der Waals surface area contributed by atoms with Gasteiger partial charge in [0.2, 0.25) is 0 Å². The lowest BCUT2D eigenvalue weighted by Crippen LogP contribution is -2.12. The van der Waals surface area contributed by atoms with Crippen LogP contribution in [0.1, 0.15) is 46.5 Å². The van der Waals surface area contributed by atoms with Crippen molar-refractivity contribution in [1.29, 1.82) is 0 Å². The van der Waals surface area contributed by atoms with Crippen LogP contribution < -0.4 is 14.8 Å². The molecule has 0 fully saturated rings. The molecular weight excluding hydrogens is 356 g/mol. The van der Waals surface area contributed by atoms with Gasteiger partial charge in [-0.05, 0) is 45.9 Å². The number of rotatable bonds is 8. The lowest BCUT2D eigenvalue weighted by atomic mass is 10.2. The number of amides is 1. The fourth-order valence-electron chi connectivity index (χ4n) is 2.20. The molecule has 26 heavy (non-hydrogen) atoms. The van der Waals surface area contributed by atoms with E-state index in [1.165, 1.54) is 0 Å². The lowest BCUT2D eigenvalue weighted by molar-refractivity contribution is 0.0531. The predicted molar refractivity (Wildman–Crippen MR) is 99.5 cm³/mol. The molecule has 0 aliphatic rings. The first-order valence-electron chi connectivity index (χ1n) is 8.35. The zero-order chi connectivity index (χ0) is 19.1. The Morgan fingerprint density at radius 3 is 2.42 bits per heavy atom. The minimum Gasteiger partial charge on any atom is -0.490 e. The van der Waals surface area contributed by atoms with Crippen LogP contribution >= 0.6 is 11.3 Å². The number of carbonyl (C=O) groups excluding carboxylic acids is 2. The SMILES string of the molecule is CCOC(=O)c1sc(NC(=O)c2ccc(OCC)c(OCC)c2)nc1C. The molecule has 0 unspecified atom stereocenters. The monoisotopic (exact) mass is 378 g/mol. The number of aromatic nitrogens is 1. The minimum absolute atomic E-state index is 0.282. The van der Waals surface area contributed by atoms with Crippen LogP contribution in [-0.4, -0.2) is 36.7 Å². The maximum atomic E-state index is 12.5. The van der Waals surface area contributed by atoms with Crippen molar-refractivity contribution in [2.24, 2.45) is 0 Å². The second-order valence-corrected chi connectivity index (χ2v) is 6.13. The van der Waals surface area contributed by atoms with Gasteiger partial charge >= 0.3 is 5.97 Å². The van der Waals surface area contributed by atoms with Gasteiger partial charge in [-0.3, -0.25) is 10.1 Å². The van der Waals surface area contributed by atoms with Gasteiger partial charge in [-0.1, -0.05) is 11.3 Å². The number of esters is 1. The highest BCUT2D eigenvalue weighted by molar-refractivity contribution is 7.17. The van der Waals surface area contributed by atoms with E-state index in [9.17, 15) is 9.59 Å². The highest BCUT2D eigenvalue weighted by Gasteiger charge is 2.18. The summed E-state index contributed by atoms with van der Waals surface area (Å²) in [5, 5.41) is 3.04. The van der Waals surface area contributed by atoms with Crippen molar-refractivity contribution in [2.75, 3.05) is 25.1 Å². The average Bonchev–Trinajstić information content (AvgIpc) is 2.97. The number of hydrogen-bond donors (Lipinski definition) is 1. The van der Waals surface area contributed by atoms with Crippen molar-refractivity contribution in [3.63, 3.8) is 0 Å². The summed E-state index contributed by atoms with van der Waals surface area (Å²) in [6.45, 7) is 8.41. The van der Waals surface area contributed by atoms with Crippen LogP contribution in [0.25, 0.3) is 0 Å². The van der Waals surface area contributed by atoms with Gasteiger partial charge in [0.05, 0.1) is 25.5 Å². The number of thiazole rings is 1. The van der Waals surface area contributed by atoms with E-state index in [4.69, 9.17) is 14.2 Å². The zero-order valence-corrected chi connectivity index (χ0v) is 16.1. The second-order valence-electron chi connectivity index (χ2n) is 5.14. The Morgan fingerprint density at radius 2 is 1.77 bits per heavy atom. The van der Waals surface area contributed by atoms with Gasteiger partial charge < -0.3 is 14.2 Å². The highest BCUT2D eigenvalue weighted by Crippen LogP contribution is 2.29. The molecule has 1 heterocycles. The summed E-state index contributed by atoms with van der Waals surface area (Å²) >= 11 is 1.08. The summed E-state index contributed by atoms with van der Waals surface area (Å²) < 4.78 is 16.0. The van der Waals surface area contributed by atoms with Crippen LogP contribution in [0.3, 0.4) is 0 Å². The zero-order valence-electron chi connectivity index (χ0n) is 15.3. The third kappa shape index (κ3) is 4.72. The Bertz CT molecular complexity index is 788. The van der Waals surface area contributed by atoms with Gasteiger partial charge in [0, 0.05) is 5.56 Å². The Kier molecular flexibility index (Phi) is 6.97. The van der Waals surface area contributed by atoms with Crippen molar-refractivity contribution < 1.29 is 23.8 Å². The molecule has 2 rings (SSSR count). The van der Waals surface area contributed by atoms with Crippen molar-refractivity contribution in [2.45, 2.75) is 27.7 Å². The molecule has 1 N–H and O–H groups in total. The van der Waals surface area contributed by atoms with Crippen LogP contribution in [0.4, 0.5) is 5.13 Å². The third-order valence-corrected chi connectivity index (χ3v) is 4.34.